The Morgan fingerprint density at radius 3 is 2.16 bits per heavy atom. The van der Waals surface area contributed by atoms with Gasteiger partial charge >= 0.3 is 12.2 Å². The molecule has 5 N–H and O–H groups in total. The van der Waals surface area contributed by atoms with Crippen LogP contribution in [0.1, 0.15) is 71.1 Å². The molecule has 1 saturated heterocycles. The lowest BCUT2D eigenvalue weighted by atomic mass is 9.99. The lowest BCUT2D eigenvalue weighted by Gasteiger charge is -2.30. The smallest absolute Gasteiger partial charge is 0.407 e. The molecule has 296 valence electrons. The van der Waals surface area contributed by atoms with E-state index < -0.39 is 24.3 Å². The Bertz CT molecular complexity index is 2190. The number of amides is 4. The number of nitrogens with zero attached hydrogens (tertiary/aromatic N) is 3. The summed E-state index contributed by atoms with van der Waals surface area (Å²) in [5.41, 5.74) is 5.91. The number of unbranched alkanes of at least 4 members (excludes halogenated alkanes) is 1. The summed E-state index contributed by atoms with van der Waals surface area (Å²) in [6, 6.07) is 17.5. The number of carbonyl (C=O) groups is 4. The fourth-order valence-corrected chi connectivity index (χ4v) is 7.26. The van der Waals surface area contributed by atoms with Gasteiger partial charge in [0.2, 0.25) is 11.8 Å². The standard InChI is InChI=1S/C42H52N8O6/c1-24(2)36(48-41(53)55-5)39(51)43-18-8-7-11-35-45-31-17-16-29(22-32(31)46-35)27-12-13-28-21-30(15-14-26(28)20-27)33-23-44-38(47-33)34-10-9-19-50(34)40(52)37(25(3)4)49-42(54)56-6/h12-17,20-25,34,36-37H,7-11,18-19H2,1-6H3,(H,43,51)(H,44,47)(H,45,46)(H,48,53)(H,49,54). The third kappa shape index (κ3) is 9.12. The van der Waals surface area contributed by atoms with E-state index in [2.05, 4.69) is 79.2 Å². The van der Waals surface area contributed by atoms with Gasteiger partial charge in [0.25, 0.3) is 0 Å². The molecule has 1 fully saturated rings. The van der Waals surface area contributed by atoms with Crippen LogP contribution in [0.5, 0.6) is 0 Å². The number of carbonyl (C=O) groups excluding carboxylic acids is 4. The van der Waals surface area contributed by atoms with E-state index in [-0.39, 0.29) is 29.7 Å². The molecule has 1 aliphatic rings. The van der Waals surface area contributed by atoms with E-state index in [1.165, 1.54) is 14.2 Å². The van der Waals surface area contributed by atoms with Crippen LogP contribution in [-0.4, -0.2) is 88.2 Å². The molecule has 3 heterocycles. The number of fused-ring (bicyclic) bond motifs is 2. The predicted molar refractivity (Wildman–Crippen MR) is 215 cm³/mol. The van der Waals surface area contributed by atoms with Gasteiger partial charge in [0.05, 0.1) is 43.2 Å². The molecule has 14 nitrogen and oxygen atoms in total. The van der Waals surface area contributed by atoms with Gasteiger partial charge in [-0.25, -0.2) is 19.6 Å². The number of aryl methyl sites for hydroxylation is 1. The summed E-state index contributed by atoms with van der Waals surface area (Å²) in [5, 5.41) is 10.4. The van der Waals surface area contributed by atoms with E-state index in [0.717, 1.165) is 87.9 Å². The molecule has 0 saturated carbocycles. The number of H-pyrrole nitrogens is 2. The van der Waals surface area contributed by atoms with Crippen LogP contribution in [0.2, 0.25) is 0 Å². The summed E-state index contributed by atoms with van der Waals surface area (Å²) in [7, 11) is 2.57. The maximum Gasteiger partial charge on any atom is 0.407 e. The molecule has 0 aliphatic carbocycles. The summed E-state index contributed by atoms with van der Waals surface area (Å²) in [6.07, 6.45) is 4.56. The number of aromatic amines is 2. The monoisotopic (exact) mass is 764 g/mol. The second kappa shape index (κ2) is 17.7. The van der Waals surface area contributed by atoms with Crippen molar-refractivity contribution in [1.82, 2.24) is 40.8 Å². The number of hydrogen-bond acceptors (Lipinski definition) is 8. The Balaban J connectivity index is 1.07. The Labute approximate surface area is 326 Å². The molecule has 56 heavy (non-hydrogen) atoms. The first-order valence-corrected chi connectivity index (χ1v) is 19.3. The van der Waals surface area contributed by atoms with Gasteiger partial charge in [-0.1, -0.05) is 58.0 Å². The van der Waals surface area contributed by atoms with Crippen LogP contribution < -0.4 is 16.0 Å². The minimum absolute atomic E-state index is 0.0707. The summed E-state index contributed by atoms with van der Waals surface area (Å²) < 4.78 is 9.40. The molecule has 3 atom stereocenters. The largest absolute Gasteiger partial charge is 0.453 e. The molecule has 0 spiro atoms. The predicted octanol–water partition coefficient (Wildman–Crippen LogP) is 6.64. The molecule has 3 unspecified atom stereocenters. The first-order chi connectivity index (χ1) is 26.9. The topological polar surface area (TPSA) is 183 Å². The molecule has 1 aliphatic heterocycles. The van der Waals surface area contributed by atoms with Crippen molar-refractivity contribution in [3.05, 3.63) is 72.4 Å². The van der Waals surface area contributed by atoms with Gasteiger partial charge in [-0.2, -0.15) is 0 Å². The second-order valence-electron chi connectivity index (χ2n) is 15.0. The van der Waals surface area contributed by atoms with Crippen molar-refractivity contribution in [1.29, 1.82) is 0 Å². The van der Waals surface area contributed by atoms with Gasteiger partial charge in [0.15, 0.2) is 0 Å². The van der Waals surface area contributed by atoms with E-state index in [9.17, 15) is 19.2 Å². The Kier molecular flexibility index (Phi) is 12.6. The van der Waals surface area contributed by atoms with E-state index in [1.54, 1.807) is 0 Å². The van der Waals surface area contributed by atoms with Crippen molar-refractivity contribution >= 4 is 45.8 Å². The maximum absolute atomic E-state index is 13.6. The van der Waals surface area contributed by atoms with Gasteiger partial charge in [0.1, 0.15) is 23.7 Å². The number of hydrogen-bond donors (Lipinski definition) is 5. The summed E-state index contributed by atoms with van der Waals surface area (Å²) in [5.74, 6) is 1.09. The van der Waals surface area contributed by atoms with E-state index in [1.807, 2.05) is 44.9 Å². The third-order valence-electron chi connectivity index (χ3n) is 10.4. The number of methoxy groups -OCH3 is 2. The average Bonchev–Trinajstić information content (AvgIpc) is 3.97. The summed E-state index contributed by atoms with van der Waals surface area (Å²) in [6.45, 7) is 8.65. The summed E-state index contributed by atoms with van der Waals surface area (Å²) in [4.78, 5) is 67.9. The van der Waals surface area contributed by atoms with Gasteiger partial charge in [-0.3, -0.25) is 9.59 Å². The van der Waals surface area contributed by atoms with Gasteiger partial charge < -0.3 is 40.3 Å². The van der Waals surface area contributed by atoms with E-state index in [4.69, 9.17) is 14.7 Å². The van der Waals surface area contributed by atoms with Crippen LogP contribution in [0.25, 0.3) is 44.2 Å². The fraction of sp³-hybridized carbons (Fsp3) is 0.429. The van der Waals surface area contributed by atoms with Crippen molar-refractivity contribution in [2.24, 2.45) is 11.8 Å². The summed E-state index contributed by atoms with van der Waals surface area (Å²) >= 11 is 0. The first-order valence-electron chi connectivity index (χ1n) is 19.3. The first kappa shape index (κ1) is 39.8. The number of ether oxygens (including phenoxy) is 2. The molecular formula is C42H52N8O6. The maximum atomic E-state index is 13.6. The molecule has 4 amide bonds. The number of benzene rings is 3. The minimum atomic E-state index is -0.685. The van der Waals surface area contributed by atoms with Crippen LogP contribution in [0, 0.1) is 11.8 Å². The normalized spacial score (nSPS) is 15.3. The van der Waals surface area contributed by atoms with Crippen LogP contribution in [0.3, 0.4) is 0 Å². The highest BCUT2D eigenvalue weighted by Gasteiger charge is 2.37. The van der Waals surface area contributed by atoms with Crippen molar-refractivity contribution in [3.63, 3.8) is 0 Å². The fourth-order valence-electron chi connectivity index (χ4n) is 7.26. The minimum Gasteiger partial charge on any atom is -0.453 e. The van der Waals surface area contributed by atoms with Crippen LogP contribution >= 0.6 is 0 Å². The van der Waals surface area contributed by atoms with E-state index >= 15 is 0 Å². The molecule has 3 aromatic carbocycles. The van der Waals surface area contributed by atoms with Gasteiger partial charge in [-0.05, 0) is 83.7 Å². The zero-order chi connectivity index (χ0) is 39.9. The SMILES string of the molecule is COC(=O)NC(C(=O)NCCCCc1nc2ccc(-c3ccc4cc(-c5cnc(C6CCCN6C(=O)C(NC(=O)OC)C(C)C)[nH]5)ccc4c3)cc2[nH]1)C(C)C. The Hall–Kier alpha value is -5.92. The number of alkyl carbamates (subject to hydrolysis) is 2. The second-order valence-corrected chi connectivity index (χ2v) is 15.0. The van der Waals surface area contributed by atoms with Gasteiger partial charge in [-0.15, -0.1) is 0 Å². The third-order valence-corrected chi connectivity index (χ3v) is 10.4. The highest BCUT2D eigenvalue weighted by Crippen LogP contribution is 2.34. The van der Waals surface area contributed by atoms with Crippen LogP contribution in [-0.2, 0) is 25.5 Å². The van der Waals surface area contributed by atoms with E-state index in [0.29, 0.717) is 13.1 Å². The Morgan fingerprint density at radius 1 is 0.821 bits per heavy atom. The van der Waals surface area contributed by atoms with Crippen LogP contribution in [0.4, 0.5) is 9.59 Å². The van der Waals surface area contributed by atoms with Crippen molar-refractivity contribution in [3.8, 4) is 22.4 Å². The van der Waals surface area contributed by atoms with Crippen molar-refractivity contribution in [2.75, 3.05) is 27.3 Å². The number of likely N-dealkylation sites (tertiary alicyclic amines) is 1. The quantitative estimate of drug-likeness (QED) is 0.0780. The number of aromatic nitrogens is 4. The zero-order valence-corrected chi connectivity index (χ0v) is 32.9. The van der Waals surface area contributed by atoms with Crippen molar-refractivity contribution in [2.45, 2.75) is 77.9 Å². The molecule has 2 aromatic heterocycles. The van der Waals surface area contributed by atoms with Crippen LogP contribution in [0.15, 0.2) is 60.8 Å². The molecular weight excluding hydrogens is 713 g/mol. The number of nitrogens with one attached hydrogen (secondary N) is 5. The highest BCUT2D eigenvalue weighted by molar-refractivity contribution is 5.92. The number of imidazole rings is 2. The molecule has 6 rings (SSSR count). The van der Waals surface area contributed by atoms with Gasteiger partial charge in [0, 0.05) is 25.1 Å². The lowest BCUT2D eigenvalue weighted by molar-refractivity contribution is -0.135. The zero-order valence-electron chi connectivity index (χ0n) is 32.9. The molecule has 14 heteroatoms. The molecule has 5 aromatic rings. The molecule has 0 bridgehead atoms. The lowest BCUT2D eigenvalue weighted by Crippen LogP contribution is -2.51. The Morgan fingerprint density at radius 2 is 1.46 bits per heavy atom. The number of rotatable bonds is 14. The molecule has 0 radical (unpaired) electrons. The highest BCUT2D eigenvalue weighted by atomic mass is 16.5. The van der Waals surface area contributed by atoms with Crippen molar-refractivity contribution < 1.29 is 28.7 Å². The average molecular weight is 765 g/mol.